The van der Waals surface area contributed by atoms with Gasteiger partial charge in [0.1, 0.15) is 5.75 Å². The van der Waals surface area contributed by atoms with Gasteiger partial charge >= 0.3 is 0 Å². The van der Waals surface area contributed by atoms with Gasteiger partial charge in [-0.2, -0.15) is 0 Å². The molecule has 0 amide bonds. The first-order chi connectivity index (χ1) is 5.54. The highest BCUT2D eigenvalue weighted by atomic mass is 16.3. The van der Waals surface area contributed by atoms with Gasteiger partial charge in [-0.15, -0.1) is 0 Å². The van der Waals surface area contributed by atoms with E-state index in [1.165, 1.54) is 0 Å². The second-order valence-corrected chi connectivity index (χ2v) is 3.21. The summed E-state index contributed by atoms with van der Waals surface area (Å²) < 4.78 is 0. The Bertz CT molecular complexity index is 292. The molecule has 1 aromatic rings. The fourth-order valence-corrected chi connectivity index (χ4v) is 1.32. The minimum atomic E-state index is 0.0318. The molecule has 0 bridgehead atoms. The van der Waals surface area contributed by atoms with E-state index in [9.17, 15) is 5.11 Å². The molecule has 66 valence electrons. The maximum absolute atomic E-state index is 9.37. The zero-order valence-electron chi connectivity index (χ0n) is 7.76. The molecule has 0 aliphatic carbocycles. The fraction of sp³-hybridized carbons (Fsp3) is 0.400. The molecule has 1 rings (SSSR count). The van der Waals surface area contributed by atoms with E-state index >= 15 is 0 Å². The van der Waals surface area contributed by atoms with Crippen molar-refractivity contribution < 1.29 is 5.11 Å². The number of phenolic OH excluding ortho intramolecular Hbond substituents is 1. The summed E-state index contributed by atoms with van der Waals surface area (Å²) in [5.74, 6) is 0.344. The van der Waals surface area contributed by atoms with Crippen LogP contribution in [0.4, 0.5) is 0 Å². The smallest absolute Gasteiger partial charge is 0.118 e. The first kappa shape index (κ1) is 9.07. The SMILES string of the molecule is Cc1c(O)ccc(C(C)N)c1C. The first-order valence-electron chi connectivity index (χ1n) is 4.08. The second-order valence-electron chi connectivity index (χ2n) is 3.21. The highest BCUT2D eigenvalue weighted by molar-refractivity contribution is 5.43. The van der Waals surface area contributed by atoms with Crippen LogP contribution in [-0.4, -0.2) is 5.11 Å². The predicted molar refractivity (Wildman–Crippen MR) is 50.2 cm³/mol. The minimum absolute atomic E-state index is 0.0318. The Morgan fingerprint density at radius 1 is 1.25 bits per heavy atom. The molecule has 0 heterocycles. The molecule has 2 heteroatoms. The van der Waals surface area contributed by atoms with Crippen molar-refractivity contribution in [2.24, 2.45) is 5.73 Å². The number of hydrogen-bond acceptors (Lipinski definition) is 2. The van der Waals surface area contributed by atoms with E-state index in [2.05, 4.69) is 0 Å². The Labute approximate surface area is 73.0 Å². The molecule has 0 radical (unpaired) electrons. The molecule has 1 atom stereocenters. The Morgan fingerprint density at radius 2 is 1.83 bits per heavy atom. The van der Waals surface area contributed by atoms with Gasteiger partial charge in [-0.05, 0) is 43.5 Å². The van der Waals surface area contributed by atoms with Crippen molar-refractivity contribution in [3.05, 3.63) is 28.8 Å². The highest BCUT2D eigenvalue weighted by Crippen LogP contribution is 2.25. The van der Waals surface area contributed by atoms with Crippen LogP contribution >= 0.6 is 0 Å². The lowest BCUT2D eigenvalue weighted by molar-refractivity contribution is 0.470. The first-order valence-corrected chi connectivity index (χ1v) is 4.08. The van der Waals surface area contributed by atoms with Crippen LogP contribution in [0.2, 0.25) is 0 Å². The van der Waals surface area contributed by atoms with Gasteiger partial charge in [-0.3, -0.25) is 0 Å². The molecule has 1 aromatic carbocycles. The zero-order valence-corrected chi connectivity index (χ0v) is 7.76. The molecule has 1 unspecified atom stereocenters. The van der Waals surface area contributed by atoms with Crippen LogP contribution in [-0.2, 0) is 0 Å². The molecular formula is C10H15NO. The van der Waals surface area contributed by atoms with Gasteiger partial charge in [0.05, 0.1) is 0 Å². The summed E-state index contributed by atoms with van der Waals surface area (Å²) in [6.07, 6.45) is 0. The third-order valence-corrected chi connectivity index (χ3v) is 2.29. The standard InChI is InChI=1S/C10H15NO/c1-6-7(2)10(12)5-4-9(6)8(3)11/h4-5,8,12H,11H2,1-3H3. The Morgan fingerprint density at radius 3 is 2.33 bits per heavy atom. The lowest BCUT2D eigenvalue weighted by Gasteiger charge is -2.12. The number of phenols is 1. The third-order valence-electron chi connectivity index (χ3n) is 2.29. The quantitative estimate of drug-likeness (QED) is 0.668. The number of aromatic hydroxyl groups is 1. The van der Waals surface area contributed by atoms with Crippen LogP contribution in [0.3, 0.4) is 0 Å². The second kappa shape index (κ2) is 3.15. The van der Waals surface area contributed by atoms with E-state index in [0.29, 0.717) is 5.75 Å². The molecule has 0 saturated carbocycles. The van der Waals surface area contributed by atoms with Crippen molar-refractivity contribution in [3.8, 4) is 5.75 Å². The predicted octanol–water partition coefficient (Wildman–Crippen LogP) is 2.03. The van der Waals surface area contributed by atoms with Crippen molar-refractivity contribution in [2.45, 2.75) is 26.8 Å². The fourth-order valence-electron chi connectivity index (χ4n) is 1.32. The molecule has 12 heavy (non-hydrogen) atoms. The molecule has 0 aliphatic rings. The topological polar surface area (TPSA) is 46.2 Å². The minimum Gasteiger partial charge on any atom is -0.508 e. The van der Waals surface area contributed by atoms with Crippen LogP contribution in [0, 0.1) is 13.8 Å². The summed E-state index contributed by atoms with van der Waals surface area (Å²) in [4.78, 5) is 0. The monoisotopic (exact) mass is 165 g/mol. The van der Waals surface area contributed by atoms with Crippen molar-refractivity contribution in [1.82, 2.24) is 0 Å². The van der Waals surface area contributed by atoms with E-state index in [0.717, 1.165) is 16.7 Å². The third kappa shape index (κ3) is 1.43. The lowest BCUT2D eigenvalue weighted by Crippen LogP contribution is -2.07. The van der Waals surface area contributed by atoms with Crippen molar-refractivity contribution in [3.63, 3.8) is 0 Å². The van der Waals surface area contributed by atoms with Gasteiger partial charge in [-0.25, -0.2) is 0 Å². The summed E-state index contributed by atoms with van der Waals surface area (Å²) >= 11 is 0. The van der Waals surface area contributed by atoms with Gasteiger partial charge in [0.15, 0.2) is 0 Å². The number of nitrogens with two attached hydrogens (primary N) is 1. The zero-order chi connectivity index (χ0) is 9.30. The summed E-state index contributed by atoms with van der Waals surface area (Å²) in [5, 5.41) is 9.37. The molecular weight excluding hydrogens is 150 g/mol. The summed E-state index contributed by atoms with van der Waals surface area (Å²) in [5.41, 5.74) is 8.86. The van der Waals surface area contributed by atoms with Crippen molar-refractivity contribution in [1.29, 1.82) is 0 Å². The largest absolute Gasteiger partial charge is 0.508 e. The van der Waals surface area contributed by atoms with Crippen LogP contribution < -0.4 is 5.73 Å². The average molecular weight is 165 g/mol. The van der Waals surface area contributed by atoms with Gasteiger partial charge in [-0.1, -0.05) is 6.07 Å². The molecule has 0 aromatic heterocycles. The molecule has 0 aliphatic heterocycles. The Kier molecular flexibility index (Phi) is 2.38. The summed E-state index contributed by atoms with van der Waals surface area (Å²) in [7, 11) is 0. The molecule has 0 spiro atoms. The Hall–Kier alpha value is -1.02. The average Bonchev–Trinajstić information content (AvgIpc) is 2.00. The molecule has 2 nitrogen and oxygen atoms in total. The van der Waals surface area contributed by atoms with E-state index in [1.54, 1.807) is 6.07 Å². The van der Waals surface area contributed by atoms with Gasteiger partial charge in [0, 0.05) is 6.04 Å². The lowest BCUT2D eigenvalue weighted by atomic mass is 9.98. The summed E-state index contributed by atoms with van der Waals surface area (Å²) in [6.45, 7) is 5.82. The number of hydrogen-bond donors (Lipinski definition) is 2. The number of rotatable bonds is 1. The van der Waals surface area contributed by atoms with Crippen molar-refractivity contribution >= 4 is 0 Å². The van der Waals surface area contributed by atoms with Gasteiger partial charge in [0.25, 0.3) is 0 Å². The Balaban J connectivity index is 3.27. The number of benzene rings is 1. The van der Waals surface area contributed by atoms with Gasteiger partial charge < -0.3 is 10.8 Å². The van der Waals surface area contributed by atoms with Crippen LogP contribution in [0.1, 0.15) is 29.7 Å². The van der Waals surface area contributed by atoms with E-state index in [1.807, 2.05) is 26.8 Å². The maximum atomic E-state index is 9.37. The highest BCUT2D eigenvalue weighted by Gasteiger charge is 2.07. The van der Waals surface area contributed by atoms with Gasteiger partial charge in [0.2, 0.25) is 0 Å². The molecule has 0 fully saturated rings. The molecule has 0 saturated heterocycles. The molecule has 3 N–H and O–H groups in total. The van der Waals surface area contributed by atoms with Crippen LogP contribution in [0.5, 0.6) is 5.75 Å². The normalized spacial score (nSPS) is 13.0. The maximum Gasteiger partial charge on any atom is 0.118 e. The van der Waals surface area contributed by atoms with Crippen molar-refractivity contribution in [2.75, 3.05) is 0 Å². The summed E-state index contributed by atoms with van der Waals surface area (Å²) in [6, 6.07) is 3.60. The van der Waals surface area contributed by atoms with Crippen LogP contribution in [0.15, 0.2) is 12.1 Å². The van der Waals surface area contributed by atoms with E-state index in [-0.39, 0.29) is 6.04 Å². The van der Waals surface area contributed by atoms with E-state index in [4.69, 9.17) is 5.73 Å². The van der Waals surface area contributed by atoms with Crippen LogP contribution in [0.25, 0.3) is 0 Å². The van der Waals surface area contributed by atoms with E-state index < -0.39 is 0 Å².